The van der Waals surface area contributed by atoms with Crippen molar-refractivity contribution in [2.45, 2.75) is 19.4 Å². The van der Waals surface area contributed by atoms with Crippen LogP contribution in [0.3, 0.4) is 0 Å². The van der Waals surface area contributed by atoms with Gasteiger partial charge in [-0.15, -0.1) is 0 Å². The van der Waals surface area contributed by atoms with E-state index in [1.165, 1.54) is 0 Å². The lowest BCUT2D eigenvalue weighted by Crippen LogP contribution is -2.38. The topological polar surface area (TPSA) is 46.3 Å². The molecule has 2 aromatic rings. The van der Waals surface area contributed by atoms with Crippen molar-refractivity contribution < 1.29 is 4.79 Å². The van der Waals surface area contributed by atoms with Gasteiger partial charge in [-0.3, -0.25) is 4.79 Å². The summed E-state index contributed by atoms with van der Waals surface area (Å²) in [6, 6.07) is 15.6. The van der Waals surface area contributed by atoms with Gasteiger partial charge in [0.05, 0.1) is 0 Å². The maximum Gasteiger partial charge on any atom is 0.258 e. The van der Waals surface area contributed by atoms with Crippen molar-refractivity contribution in [1.29, 1.82) is 0 Å². The van der Waals surface area contributed by atoms with E-state index in [4.69, 9.17) is 5.73 Å². The van der Waals surface area contributed by atoms with E-state index in [-0.39, 0.29) is 11.9 Å². The van der Waals surface area contributed by atoms with Crippen LogP contribution < -0.4 is 10.6 Å². The van der Waals surface area contributed by atoms with Gasteiger partial charge in [-0.1, -0.05) is 35.9 Å². The van der Waals surface area contributed by atoms with E-state index in [1.54, 1.807) is 0 Å². The van der Waals surface area contributed by atoms with E-state index in [2.05, 4.69) is 0 Å². The Bertz CT molecular complexity index is 651. The van der Waals surface area contributed by atoms with E-state index < -0.39 is 0 Å². The van der Waals surface area contributed by atoms with E-state index in [1.807, 2.05) is 60.4 Å². The summed E-state index contributed by atoms with van der Waals surface area (Å²) in [5, 5.41) is 0. The molecule has 0 aromatic heterocycles. The van der Waals surface area contributed by atoms with Gasteiger partial charge in [0.15, 0.2) is 0 Å². The smallest absolute Gasteiger partial charge is 0.258 e. The zero-order valence-electron chi connectivity index (χ0n) is 11.5. The van der Waals surface area contributed by atoms with Crippen molar-refractivity contribution in [1.82, 2.24) is 0 Å². The van der Waals surface area contributed by atoms with Crippen molar-refractivity contribution in [2.75, 3.05) is 11.4 Å². The van der Waals surface area contributed by atoms with Gasteiger partial charge in [0, 0.05) is 23.8 Å². The second-order valence-electron chi connectivity index (χ2n) is 5.28. The van der Waals surface area contributed by atoms with E-state index in [0.29, 0.717) is 6.54 Å². The average molecular weight is 266 g/mol. The quantitative estimate of drug-likeness (QED) is 0.862. The van der Waals surface area contributed by atoms with Gasteiger partial charge in [0.1, 0.15) is 0 Å². The number of rotatable bonds is 1. The highest BCUT2D eigenvalue weighted by Gasteiger charge is 2.26. The molecule has 3 heteroatoms. The normalized spacial score (nSPS) is 17.7. The van der Waals surface area contributed by atoms with Gasteiger partial charge in [0.2, 0.25) is 0 Å². The Morgan fingerprint density at radius 2 is 2.00 bits per heavy atom. The lowest BCUT2D eigenvalue weighted by atomic mass is 9.96. The highest BCUT2D eigenvalue weighted by Crippen LogP contribution is 2.33. The number of para-hydroxylation sites is 1. The largest absolute Gasteiger partial charge is 0.324 e. The number of anilines is 1. The van der Waals surface area contributed by atoms with Crippen LogP contribution in [0.2, 0.25) is 0 Å². The van der Waals surface area contributed by atoms with E-state index in [0.717, 1.165) is 28.8 Å². The summed E-state index contributed by atoms with van der Waals surface area (Å²) in [5.74, 6) is 0.0491. The lowest BCUT2D eigenvalue weighted by Gasteiger charge is -2.32. The summed E-state index contributed by atoms with van der Waals surface area (Å²) in [5.41, 5.74) is 9.96. The molecule has 1 amide bonds. The van der Waals surface area contributed by atoms with Crippen molar-refractivity contribution >= 4 is 11.6 Å². The van der Waals surface area contributed by atoms with Crippen molar-refractivity contribution in [3.8, 4) is 0 Å². The fourth-order valence-corrected chi connectivity index (χ4v) is 2.74. The second kappa shape index (κ2) is 5.10. The Morgan fingerprint density at radius 1 is 1.20 bits per heavy atom. The molecule has 1 aliphatic rings. The number of fused-ring (bicyclic) bond motifs is 1. The van der Waals surface area contributed by atoms with E-state index >= 15 is 0 Å². The summed E-state index contributed by atoms with van der Waals surface area (Å²) in [4.78, 5) is 14.5. The highest BCUT2D eigenvalue weighted by molar-refractivity contribution is 6.06. The molecule has 1 heterocycles. The second-order valence-corrected chi connectivity index (χ2v) is 5.28. The standard InChI is InChI=1S/C17H18N2O/c1-12-5-4-6-13(11-12)17(20)19-10-9-15(18)14-7-2-3-8-16(14)19/h2-8,11,15H,9-10,18H2,1H3. The summed E-state index contributed by atoms with van der Waals surface area (Å²) in [6.07, 6.45) is 0.800. The van der Waals surface area contributed by atoms with Crippen molar-refractivity contribution in [2.24, 2.45) is 5.73 Å². The van der Waals surface area contributed by atoms with Gasteiger partial charge in [-0.2, -0.15) is 0 Å². The van der Waals surface area contributed by atoms with Crippen LogP contribution in [0.1, 0.15) is 33.9 Å². The number of carbonyl (C=O) groups excluding carboxylic acids is 1. The van der Waals surface area contributed by atoms with Gasteiger partial charge in [0.25, 0.3) is 5.91 Å². The third-order valence-electron chi connectivity index (χ3n) is 3.80. The van der Waals surface area contributed by atoms with E-state index in [9.17, 15) is 4.79 Å². The summed E-state index contributed by atoms with van der Waals surface area (Å²) in [7, 11) is 0. The first kappa shape index (κ1) is 12.9. The Hall–Kier alpha value is -2.13. The number of nitrogens with zero attached hydrogens (tertiary/aromatic N) is 1. The van der Waals surface area contributed by atoms with Gasteiger partial charge in [-0.05, 0) is 37.1 Å². The third-order valence-corrected chi connectivity index (χ3v) is 3.80. The van der Waals surface area contributed by atoms with Crippen LogP contribution in [0.5, 0.6) is 0 Å². The third kappa shape index (κ3) is 2.21. The van der Waals surface area contributed by atoms with Crippen molar-refractivity contribution in [3.05, 3.63) is 65.2 Å². The molecule has 3 rings (SSSR count). The summed E-state index contributed by atoms with van der Waals surface area (Å²) >= 11 is 0. The molecule has 0 saturated carbocycles. The summed E-state index contributed by atoms with van der Waals surface area (Å²) < 4.78 is 0. The molecule has 2 aromatic carbocycles. The minimum absolute atomic E-state index is 0.0211. The van der Waals surface area contributed by atoms with Crippen molar-refractivity contribution in [3.63, 3.8) is 0 Å². The number of hydrogen-bond acceptors (Lipinski definition) is 2. The number of nitrogens with two attached hydrogens (primary N) is 1. The maximum absolute atomic E-state index is 12.7. The number of amides is 1. The predicted octanol–water partition coefficient (Wildman–Crippen LogP) is 3.05. The number of aryl methyl sites for hydroxylation is 1. The number of carbonyl (C=O) groups is 1. The molecule has 0 aliphatic carbocycles. The molecular formula is C17H18N2O. The van der Waals surface area contributed by atoms with Crippen LogP contribution in [-0.2, 0) is 0 Å². The Morgan fingerprint density at radius 3 is 2.80 bits per heavy atom. The summed E-state index contributed by atoms with van der Waals surface area (Å²) in [6.45, 7) is 2.67. The Labute approximate surface area is 119 Å². The Kier molecular flexibility index (Phi) is 3.28. The SMILES string of the molecule is Cc1cccc(C(=O)N2CCC(N)c3ccccc32)c1. The highest BCUT2D eigenvalue weighted by atomic mass is 16.2. The monoisotopic (exact) mass is 266 g/mol. The molecule has 0 spiro atoms. The van der Waals surface area contributed by atoms with Crippen LogP contribution in [-0.4, -0.2) is 12.5 Å². The minimum atomic E-state index is 0.0211. The van der Waals surface area contributed by atoms with Gasteiger partial charge < -0.3 is 10.6 Å². The molecule has 0 bridgehead atoms. The molecule has 3 nitrogen and oxygen atoms in total. The number of hydrogen-bond donors (Lipinski definition) is 1. The Balaban J connectivity index is 1.99. The first-order valence-corrected chi connectivity index (χ1v) is 6.90. The fourth-order valence-electron chi connectivity index (χ4n) is 2.74. The van der Waals surface area contributed by atoms with Crippen LogP contribution in [0.4, 0.5) is 5.69 Å². The van der Waals surface area contributed by atoms with Crippen LogP contribution in [0, 0.1) is 6.92 Å². The van der Waals surface area contributed by atoms with Gasteiger partial charge >= 0.3 is 0 Å². The molecule has 1 aliphatic heterocycles. The molecule has 1 unspecified atom stereocenters. The van der Waals surface area contributed by atoms with Crippen LogP contribution in [0.25, 0.3) is 0 Å². The molecular weight excluding hydrogens is 248 g/mol. The lowest BCUT2D eigenvalue weighted by molar-refractivity contribution is 0.0984. The first-order valence-electron chi connectivity index (χ1n) is 6.90. The molecule has 1 atom stereocenters. The molecule has 2 N–H and O–H groups in total. The predicted molar refractivity (Wildman–Crippen MR) is 80.8 cm³/mol. The first-order chi connectivity index (χ1) is 9.66. The zero-order valence-corrected chi connectivity index (χ0v) is 11.5. The maximum atomic E-state index is 12.7. The molecule has 0 radical (unpaired) electrons. The molecule has 0 fully saturated rings. The molecule has 0 saturated heterocycles. The van der Waals surface area contributed by atoms with Gasteiger partial charge in [-0.25, -0.2) is 0 Å². The molecule has 20 heavy (non-hydrogen) atoms. The number of benzene rings is 2. The van der Waals surface area contributed by atoms with Crippen LogP contribution in [0.15, 0.2) is 48.5 Å². The van der Waals surface area contributed by atoms with Crippen LogP contribution >= 0.6 is 0 Å². The zero-order chi connectivity index (χ0) is 14.1. The average Bonchev–Trinajstić information content (AvgIpc) is 2.47. The fraction of sp³-hybridized carbons (Fsp3) is 0.235. The minimum Gasteiger partial charge on any atom is -0.324 e. The molecule has 102 valence electrons.